The van der Waals surface area contributed by atoms with Crippen molar-refractivity contribution in [3.63, 3.8) is 0 Å². The van der Waals surface area contributed by atoms with E-state index in [0.717, 1.165) is 13.1 Å². The highest BCUT2D eigenvalue weighted by atomic mass is 16.2. The third-order valence-corrected chi connectivity index (χ3v) is 4.12. The number of carbonyl (C=O) groups excluding carboxylic acids is 2. The van der Waals surface area contributed by atoms with E-state index in [1.54, 1.807) is 12.1 Å². The number of nitrogens with one attached hydrogen (secondary N) is 1. The van der Waals surface area contributed by atoms with Crippen LogP contribution >= 0.6 is 0 Å². The lowest BCUT2D eigenvalue weighted by Crippen LogP contribution is -2.39. The maximum absolute atomic E-state index is 13.1. The van der Waals surface area contributed by atoms with Gasteiger partial charge in [-0.2, -0.15) is 0 Å². The number of benzene rings is 1. The van der Waals surface area contributed by atoms with E-state index in [2.05, 4.69) is 20.2 Å². The van der Waals surface area contributed by atoms with Crippen molar-refractivity contribution in [1.82, 2.24) is 19.8 Å². The Balaban J connectivity index is 1.96. The number of nitrogens with zero attached hydrogens (tertiary/aromatic N) is 5. The monoisotopic (exact) mass is 354 g/mol. The standard InChI is InChI=1S/C18H22N6O2/c1-22(2)8-9-23(3)11-16(25)24-15-7-5-4-6-14(15)21-18(26)13-10-19-12-20-17(13)24/h4-7,10,12H,8-9,11H2,1-3H3,(H,21,26). The number of rotatable bonds is 5. The molecule has 136 valence electrons. The molecule has 1 aromatic carbocycles. The first-order chi connectivity index (χ1) is 12.5. The van der Waals surface area contributed by atoms with Crippen molar-refractivity contribution in [3.8, 4) is 0 Å². The minimum absolute atomic E-state index is 0.157. The Hall–Kier alpha value is -2.84. The summed E-state index contributed by atoms with van der Waals surface area (Å²) in [7, 11) is 5.88. The lowest BCUT2D eigenvalue weighted by Gasteiger charge is -2.26. The first kappa shape index (κ1) is 18.0. The Labute approximate surface area is 152 Å². The fourth-order valence-corrected chi connectivity index (χ4v) is 2.74. The zero-order valence-electron chi connectivity index (χ0n) is 15.1. The lowest BCUT2D eigenvalue weighted by atomic mass is 10.2. The lowest BCUT2D eigenvalue weighted by molar-refractivity contribution is -0.118. The molecule has 2 amide bonds. The summed E-state index contributed by atoms with van der Waals surface area (Å²) in [5, 5.41) is 2.82. The summed E-state index contributed by atoms with van der Waals surface area (Å²) in [6.07, 6.45) is 2.77. The molecule has 2 heterocycles. The van der Waals surface area contributed by atoms with Crippen LogP contribution in [-0.2, 0) is 4.79 Å². The average molecular weight is 354 g/mol. The number of aromatic nitrogens is 2. The number of hydrogen-bond acceptors (Lipinski definition) is 6. The van der Waals surface area contributed by atoms with Crippen LogP contribution in [0.1, 0.15) is 10.4 Å². The van der Waals surface area contributed by atoms with Gasteiger partial charge in [-0.25, -0.2) is 9.97 Å². The summed E-state index contributed by atoms with van der Waals surface area (Å²) < 4.78 is 0. The minimum Gasteiger partial charge on any atom is -0.320 e. The van der Waals surface area contributed by atoms with E-state index >= 15 is 0 Å². The predicted octanol–water partition coefficient (Wildman–Crippen LogP) is 1.20. The fourth-order valence-electron chi connectivity index (χ4n) is 2.74. The third-order valence-electron chi connectivity index (χ3n) is 4.12. The van der Waals surface area contributed by atoms with Crippen molar-refractivity contribution in [2.24, 2.45) is 0 Å². The van der Waals surface area contributed by atoms with Gasteiger partial charge < -0.3 is 10.2 Å². The molecule has 1 aliphatic rings. The number of hydrogen-bond donors (Lipinski definition) is 1. The molecular weight excluding hydrogens is 332 g/mol. The third kappa shape index (κ3) is 3.71. The number of amides is 2. The van der Waals surface area contributed by atoms with Gasteiger partial charge in [0.1, 0.15) is 11.9 Å². The molecule has 8 nitrogen and oxygen atoms in total. The van der Waals surface area contributed by atoms with Gasteiger partial charge >= 0.3 is 0 Å². The number of para-hydroxylation sites is 2. The molecule has 1 aromatic heterocycles. The molecule has 8 heteroatoms. The molecule has 0 unspecified atom stereocenters. The van der Waals surface area contributed by atoms with Gasteiger partial charge in [-0.15, -0.1) is 0 Å². The normalized spacial score (nSPS) is 13.3. The van der Waals surface area contributed by atoms with Gasteiger partial charge in [0.2, 0.25) is 5.91 Å². The van der Waals surface area contributed by atoms with Gasteiger partial charge in [-0.1, -0.05) is 12.1 Å². The van der Waals surface area contributed by atoms with Crippen molar-refractivity contribution in [2.75, 3.05) is 51.0 Å². The second-order valence-corrected chi connectivity index (χ2v) is 6.50. The van der Waals surface area contributed by atoms with Crippen LogP contribution in [0.3, 0.4) is 0 Å². The van der Waals surface area contributed by atoms with Gasteiger partial charge in [-0.3, -0.25) is 19.4 Å². The highest BCUT2D eigenvalue weighted by Crippen LogP contribution is 2.36. The average Bonchev–Trinajstić information content (AvgIpc) is 2.74. The maximum atomic E-state index is 13.1. The number of fused-ring (bicyclic) bond motifs is 2. The molecule has 0 spiro atoms. The van der Waals surface area contributed by atoms with Crippen LogP contribution in [0.15, 0.2) is 36.8 Å². The molecule has 2 aromatic rings. The molecule has 0 aliphatic carbocycles. The molecular formula is C18H22N6O2. The van der Waals surface area contributed by atoms with Crippen molar-refractivity contribution < 1.29 is 9.59 Å². The zero-order valence-corrected chi connectivity index (χ0v) is 15.1. The van der Waals surface area contributed by atoms with Crippen LogP contribution in [0, 0.1) is 0 Å². The quantitative estimate of drug-likeness (QED) is 0.869. The molecule has 1 aliphatic heterocycles. The largest absolute Gasteiger partial charge is 0.320 e. The van der Waals surface area contributed by atoms with Crippen LogP contribution < -0.4 is 10.2 Å². The summed E-state index contributed by atoms with van der Waals surface area (Å²) in [4.78, 5) is 39.3. The summed E-state index contributed by atoms with van der Waals surface area (Å²) in [6, 6.07) is 7.20. The van der Waals surface area contributed by atoms with Crippen LogP contribution in [0.4, 0.5) is 17.2 Å². The maximum Gasteiger partial charge on any atom is 0.261 e. The van der Waals surface area contributed by atoms with Gasteiger partial charge in [0.15, 0.2) is 5.82 Å². The highest BCUT2D eigenvalue weighted by Gasteiger charge is 2.30. The molecule has 0 bridgehead atoms. The van der Waals surface area contributed by atoms with Crippen molar-refractivity contribution in [3.05, 3.63) is 42.4 Å². The van der Waals surface area contributed by atoms with Crippen molar-refractivity contribution >= 4 is 29.0 Å². The molecule has 0 saturated heterocycles. The minimum atomic E-state index is -0.329. The SMILES string of the molecule is CN(C)CCN(C)CC(=O)N1c2ccccc2NC(=O)c2cncnc21. The molecule has 26 heavy (non-hydrogen) atoms. The number of carbonyl (C=O) groups is 2. The van der Waals surface area contributed by atoms with Crippen molar-refractivity contribution in [2.45, 2.75) is 0 Å². The van der Waals surface area contributed by atoms with Crippen LogP contribution in [0.2, 0.25) is 0 Å². The zero-order chi connectivity index (χ0) is 18.7. The van der Waals surface area contributed by atoms with E-state index in [4.69, 9.17) is 0 Å². The van der Waals surface area contributed by atoms with E-state index in [9.17, 15) is 9.59 Å². The van der Waals surface area contributed by atoms with Gasteiger partial charge in [0, 0.05) is 19.3 Å². The smallest absolute Gasteiger partial charge is 0.261 e. The van der Waals surface area contributed by atoms with E-state index < -0.39 is 0 Å². The second kappa shape index (κ2) is 7.59. The second-order valence-electron chi connectivity index (χ2n) is 6.50. The summed E-state index contributed by atoms with van der Waals surface area (Å²) in [6.45, 7) is 1.81. The van der Waals surface area contributed by atoms with Gasteiger partial charge in [0.25, 0.3) is 5.91 Å². The van der Waals surface area contributed by atoms with Gasteiger partial charge in [-0.05, 0) is 33.3 Å². The van der Waals surface area contributed by atoms with Crippen molar-refractivity contribution in [1.29, 1.82) is 0 Å². The molecule has 3 rings (SSSR count). The van der Waals surface area contributed by atoms with Gasteiger partial charge in [0.05, 0.1) is 17.9 Å². The molecule has 1 N–H and O–H groups in total. The summed E-state index contributed by atoms with van der Waals surface area (Å²) in [5.41, 5.74) is 1.44. The molecule has 0 atom stereocenters. The Kier molecular flexibility index (Phi) is 5.24. The Morgan fingerprint density at radius 3 is 2.73 bits per heavy atom. The summed E-state index contributed by atoms with van der Waals surface area (Å²) in [5.74, 6) is -0.187. The molecule has 0 fully saturated rings. The van der Waals surface area contributed by atoms with E-state index in [1.807, 2.05) is 38.2 Å². The number of anilines is 3. The van der Waals surface area contributed by atoms with E-state index in [-0.39, 0.29) is 23.9 Å². The first-order valence-electron chi connectivity index (χ1n) is 8.34. The van der Waals surface area contributed by atoms with E-state index in [1.165, 1.54) is 17.4 Å². The Morgan fingerprint density at radius 1 is 1.19 bits per heavy atom. The Bertz CT molecular complexity index is 823. The van der Waals surface area contributed by atoms with Crippen LogP contribution in [-0.4, -0.2) is 72.4 Å². The first-order valence-corrected chi connectivity index (χ1v) is 8.34. The van der Waals surface area contributed by atoms with Crippen LogP contribution in [0.25, 0.3) is 0 Å². The Morgan fingerprint density at radius 2 is 1.96 bits per heavy atom. The molecule has 0 saturated carbocycles. The number of likely N-dealkylation sites (N-methyl/N-ethyl adjacent to an activating group) is 2. The molecule has 0 radical (unpaired) electrons. The van der Waals surface area contributed by atoms with Crippen LogP contribution in [0.5, 0.6) is 0 Å². The van der Waals surface area contributed by atoms with E-state index in [0.29, 0.717) is 17.2 Å². The fraction of sp³-hybridized carbons (Fsp3) is 0.333. The predicted molar refractivity (Wildman–Crippen MR) is 99.6 cm³/mol. The topological polar surface area (TPSA) is 81.7 Å². The highest BCUT2D eigenvalue weighted by molar-refractivity contribution is 6.17. The summed E-state index contributed by atoms with van der Waals surface area (Å²) >= 11 is 0.